The molecule has 5 heteroatoms. The number of nitrogens with zero attached hydrogens (tertiary/aromatic N) is 3. The van der Waals surface area contributed by atoms with Gasteiger partial charge in [0.25, 0.3) is 0 Å². The number of pyridine rings is 1. The summed E-state index contributed by atoms with van der Waals surface area (Å²) < 4.78 is 0. The van der Waals surface area contributed by atoms with Crippen LogP contribution in [0.3, 0.4) is 0 Å². The molecule has 0 aliphatic rings. The van der Waals surface area contributed by atoms with Crippen molar-refractivity contribution in [2.45, 2.75) is 26.2 Å². The molecule has 0 saturated heterocycles. The van der Waals surface area contributed by atoms with E-state index < -0.39 is 0 Å². The first-order chi connectivity index (χ1) is 9.81. The Bertz CT molecular complexity index is 527. The smallest absolute Gasteiger partial charge is 0.133 e. The highest BCUT2D eigenvalue weighted by atomic mass is 15.1. The Hall–Kier alpha value is -2.17. The van der Waals surface area contributed by atoms with Crippen molar-refractivity contribution >= 4 is 11.6 Å². The molecular formula is C15H21N5. The Morgan fingerprint density at radius 2 is 2.00 bits per heavy atom. The van der Waals surface area contributed by atoms with Crippen LogP contribution >= 0.6 is 0 Å². The molecule has 0 atom stereocenters. The van der Waals surface area contributed by atoms with E-state index in [1.165, 1.54) is 5.56 Å². The third-order valence-electron chi connectivity index (χ3n) is 2.94. The molecule has 0 amide bonds. The van der Waals surface area contributed by atoms with Crippen LogP contribution in [0.5, 0.6) is 0 Å². The van der Waals surface area contributed by atoms with Crippen molar-refractivity contribution in [3.8, 4) is 0 Å². The minimum Gasteiger partial charge on any atom is -0.373 e. The molecule has 5 nitrogen and oxygen atoms in total. The first kappa shape index (κ1) is 14.2. The summed E-state index contributed by atoms with van der Waals surface area (Å²) in [7, 11) is 1.87. The summed E-state index contributed by atoms with van der Waals surface area (Å²) in [6, 6.07) is 5.97. The summed E-state index contributed by atoms with van der Waals surface area (Å²) in [5.41, 5.74) is 1.22. The Morgan fingerprint density at radius 3 is 2.70 bits per heavy atom. The lowest BCUT2D eigenvalue weighted by Crippen LogP contribution is -2.09. The number of nitrogens with one attached hydrogen (secondary N) is 2. The average molecular weight is 271 g/mol. The van der Waals surface area contributed by atoms with Gasteiger partial charge in [0, 0.05) is 38.5 Å². The van der Waals surface area contributed by atoms with Crippen molar-refractivity contribution in [3.05, 3.63) is 42.0 Å². The SMILES string of the molecule is CCCc1nc(NC)cc(NCCc2cccnc2)n1. The molecule has 20 heavy (non-hydrogen) atoms. The van der Waals surface area contributed by atoms with Gasteiger partial charge < -0.3 is 10.6 Å². The van der Waals surface area contributed by atoms with Gasteiger partial charge >= 0.3 is 0 Å². The molecule has 0 radical (unpaired) electrons. The van der Waals surface area contributed by atoms with Crippen LogP contribution in [0, 0.1) is 0 Å². The molecule has 2 aromatic heterocycles. The van der Waals surface area contributed by atoms with Crippen LogP contribution in [-0.4, -0.2) is 28.5 Å². The third-order valence-corrected chi connectivity index (χ3v) is 2.94. The molecule has 2 heterocycles. The van der Waals surface area contributed by atoms with Crippen LogP contribution in [-0.2, 0) is 12.8 Å². The van der Waals surface area contributed by atoms with Gasteiger partial charge in [0.05, 0.1) is 0 Å². The van der Waals surface area contributed by atoms with Crippen LogP contribution < -0.4 is 10.6 Å². The lowest BCUT2D eigenvalue weighted by molar-refractivity contribution is 0.834. The van der Waals surface area contributed by atoms with E-state index in [0.717, 1.165) is 43.3 Å². The van der Waals surface area contributed by atoms with E-state index in [2.05, 4.69) is 38.6 Å². The Labute approximate surface area is 119 Å². The lowest BCUT2D eigenvalue weighted by Gasteiger charge is -2.09. The molecule has 0 aliphatic heterocycles. The van der Waals surface area contributed by atoms with E-state index in [1.807, 2.05) is 25.4 Å². The normalized spacial score (nSPS) is 10.3. The van der Waals surface area contributed by atoms with Gasteiger partial charge in [-0.3, -0.25) is 4.98 Å². The van der Waals surface area contributed by atoms with Crippen molar-refractivity contribution in [3.63, 3.8) is 0 Å². The van der Waals surface area contributed by atoms with Crippen molar-refractivity contribution in [2.75, 3.05) is 24.2 Å². The molecule has 2 N–H and O–H groups in total. The first-order valence-corrected chi connectivity index (χ1v) is 7.00. The fraction of sp³-hybridized carbons (Fsp3) is 0.400. The molecule has 0 unspecified atom stereocenters. The lowest BCUT2D eigenvalue weighted by atomic mass is 10.2. The van der Waals surface area contributed by atoms with Gasteiger partial charge in [-0.25, -0.2) is 9.97 Å². The fourth-order valence-corrected chi connectivity index (χ4v) is 1.93. The van der Waals surface area contributed by atoms with E-state index in [4.69, 9.17) is 0 Å². The van der Waals surface area contributed by atoms with Gasteiger partial charge in [0.1, 0.15) is 17.5 Å². The van der Waals surface area contributed by atoms with E-state index in [0.29, 0.717) is 0 Å². The molecule has 0 fully saturated rings. The zero-order valence-electron chi connectivity index (χ0n) is 12.1. The summed E-state index contributed by atoms with van der Waals surface area (Å²) in [5.74, 6) is 2.60. The predicted octanol–water partition coefficient (Wildman–Crippen LogP) is 2.52. The molecule has 0 aliphatic carbocycles. The number of aryl methyl sites for hydroxylation is 1. The second-order valence-electron chi connectivity index (χ2n) is 4.59. The maximum absolute atomic E-state index is 4.52. The molecule has 2 rings (SSSR count). The monoisotopic (exact) mass is 271 g/mol. The van der Waals surface area contributed by atoms with Crippen LogP contribution in [0.25, 0.3) is 0 Å². The fourth-order valence-electron chi connectivity index (χ4n) is 1.93. The van der Waals surface area contributed by atoms with Gasteiger partial charge in [0.2, 0.25) is 0 Å². The number of anilines is 2. The summed E-state index contributed by atoms with van der Waals surface area (Å²) >= 11 is 0. The van der Waals surface area contributed by atoms with Gasteiger partial charge in [-0.15, -0.1) is 0 Å². The predicted molar refractivity (Wildman–Crippen MR) is 82.0 cm³/mol. The average Bonchev–Trinajstić information content (AvgIpc) is 2.48. The molecule has 2 aromatic rings. The Kier molecular flexibility index (Phi) is 5.29. The Morgan fingerprint density at radius 1 is 1.15 bits per heavy atom. The van der Waals surface area contributed by atoms with E-state index in [9.17, 15) is 0 Å². The Balaban J connectivity index is 1.96. The van der Waals surface area contributed by atoms with Gasteiger partial charge in [-0.2, -0.15) is 0 Å². The van der Waals surface area contributed by atoms with Crippen molar-refractivity contribution in [1.29, 1.82) is 0 Å². The van der Waals surface area contributed by atoms with Crippen molar-refractivity contribution < 1.29 is 0 Å². The first-order valence-electron chi connectivity index (χ1n) is 7.00. The summed E-state index contributed by atoms with van der Waals surface area (Å²) in [6.45, 7) is 2.96. The summed E-state index contributed by atoms with van der Waals surface area (Å²) in [5, 5.41) is 6.42. The number of rotatable bonds is 7. The topological polar surface area (TPSA) is 62.7 Å². The van der Waals surface area contributed by atoms with Gasteiger partial charge in [-0.1, -0.05) is 13.0 Å². The molecular weight excluding hydrogens is 250 g/mol. The molecule has 106 valence electrons. The second-order valence-corrected chi connectivity index (χ2v) is 4.59. The molecule has 0 saturated carbocycles. The van der Waals surface area contributed by atoms with Crippen LogP contribution in [0.1, 0.15) is 24.7 Å². The maximum atomic E-state index is 4.52. The van der Waals surface area contributed by atoms with Gasteiger partial charge in [0.15, 0.2) is 0 Å². The highest BCUT2D eigenvalue weighted by Crippen LogP contribution is 2.12. The van der Waals surface area contributed by atoms with E-state index in [-0.39, 0.29) is 0 Å². The summed E-state index contributed by atoms with van der Waals surface area (Å²) in [6.07, 6.45) is 6.55. The van der Waals surface area contributed by atoms with Crippen LogP contribution in [0.4, 0.5) is 11.6 Å². The number of aromatic nitrogens is 3. The summed E-state index contributed by atoms with van der Waals surface area (Å²) in [4.78, 5) is 13.1. The quantitative estimate of drug-likeness (QED) is 0.810. The van der Waals surface area contributed by atoms with Crippen LogP contribution in [0.15, 0.2) is 30.6 Å². The van der Waals surface area contributed by atoms with E-state index in [1.54, 1.807) is 6.20 Å². The molecule has 0 bridgehead atoms. The van der Waals surface area contributed by atoms with Crippen LogP contribution in [0.2, 0.25) is 0 Å². The minimum absolute atomic E-state index is 0.831. The molecule has 0 spiro atoms. The highest BCUT2D eigenvalue weighted by molar-refractivity contribution is 5.47. The third kappa shape index (κ3) is 4.19. The van der Waals surface area contributed by atoms with Crippen molar-refractivity contribution in [2.24, 2.45) is 0 Å². The molecule has 0 aromatic carbocycles. The highest BCUT2D eigenvalue weighted by Gasteiger charge is 2.03. The second kappa shape index (κ2) is 7.43. The number of hydrogen-bond donors (Lipinski definition) is 2. The van der Waals surface area contributed by atoms with Crippen molar-refractivity contribution in [1.82, 2.24) is 15.0 Å². The largest absolute Gasteiger partial charge is 0.373 e. The zero-order valence-corrected chi connectivity index (χ0v) is 12.1. The zero-order chi connectivity index (χ0) is 14.2. The standard InChI is InChI=1S/C15H21N5/c1-3-5-13-19-14(16-2)10-15(20-13)18-9-7-12-6-4-8-17-11-12/h4,6,8,10-11H,3,5,7,9H2,1-2H3,(H2,16,18,19,20). The van der Waals surface area contributed by atoms with Gasteiger partial charge in [-0.05, 0) is 24.5 Å². The number of hydrogen-bond acceptors (Lipinski definition) is 5. The maximum Gasteiger partial charge on any atom is 0.133 e. The van der Waals surface area contributed by atoms with E-state index >= 15 is 0 Å². The minimum atomic E-state index is 0.831.